The van der Waals surface area contributed by atoms with Gasteiger partial charge in [-0.05, 0) is 42.5 Å². The molecular formula is C28H25FN8O3. The Morgan fingerprint density at radius 2 is 1.73 bits per heavy atom. The van der Waals surface area contributed by atoms with Crippen LogP contribution in [0.2, 0.25) is 0 Å². The maximum atomic E-state index is 14.3. The quantitative estimate of drug-likeness (QED) is 0.246. The summed E-state index contributed by atoms with van der Waals surface area (Å²) in [5.74, 6) is -1.53. The monoisotopic (exact) mass is 540 g/mol. The highest BCUT2D eigenvalue weighted by atomic mass is 19.1. The van der Waals surface area contributed by atoms with E-state index in [2.05, 4.69) is 31.1 Å². The molecule has 12 heteroatoms. The molecule has 2 aromatic carbocycles. The molecule has 3 aromatic heterocycles. The molecule has 0 aliphatic heterocycles. The van der Waals surface area contributed by atoms with Gasteiger partial charge in [0.25, 0.3) is 11.8 Å². The second-order valence-corrected chi connectivity index (χ2v) is 8.96. The van der Waals surface area contributed by atoms with Crippen molar-refractivity contribution in [3.63, 3.8) is 0 Å². The Hall–Kier alpha value is -5.39. The highest BCUT2D eigenvalue weighted by molar-refractivity contribution is 6.04. The fourth-order valence-corrected chi connectivity index (χ4v) is 4.02. The van der Waals surface area contributed by atoms with Gasteiger partial charge in [0, 0.05) is 54.7 Å². The van der Waals surface area contributed by atoms with Crippen molar-refractivity contribution in [1.29, 1.82) is 0 Å². The van der Waals surface area contributed by atoms with Crippen molar-refractivity contribution in [1.82, 2.24) is 35.2 Å². The van der Waals surface area contributed by atoms with E-state index >= 15 is 0 Å². The molecule has 0 saturated carbocycles. The minimum Gasteiger partial charge on any atom is -0.353 e. The van der Waals surface area contributed by atoms with Crippen LogP contribution >= 0.6 is 0 Å². The molecule has 3 heterocycles. The van der Waals surface area contributed by atoms with Gasteiger partial charge in [-0.1, -0.05) is 18.2 Å². The van der Waals surface area contributed by atoms with Gasteiger partial charge in [0.15, 0.2) is 0 Å². The number of amides is 3. The van der Waals surface area contributed by atoms with Gasteiger partial charge in [-0.3, -0.25) is 23.7 Å². The number of hydrogen-bond donors (Lipinski definition) is 3. The van der Waals surface area contributed by atoms with E-state index in [1.807, 2.05) is 6.07 Å². The van der Waals surface area contributed by atoms with Crippen LogP contribution in [0.5, 0.6) is 0 Å². The van der Waals surface area contributed by atoms with Crippen LogP contribution in [0.25, 0.3) is 22.2 Å². The van der Waals surface area contributed by atoms with Crippen LogP contribution in [-0.4, -0.2) is 55.4 Å². The van der Waals surface area contributed by atoms with E-state index in [0.717, 1.165) is 0 Å². The van der Waals surface area contributed by atoms with E-state index in [1.165, 1.54) is 27.7 Å². The molecule has 0 spiro atoms. The van der Waals surface area contributed by atoms with Crippen molar-refractivity contribution in [3.05, 3.63) is 96.3 Å². The standard InChI is InChI=1S/C28H25FN8O3/c1-36-15-20(14-32-36)26-22(29)8-10-24(34-26)28(40)33-21-7-9-23-19(13-21)16-37(35-23)17-25(38)30-11-12-31-27(39)18-5-3-2-4-6-18/h2-10,13-16H,11-12,17H2,1H3,(H,30,38)(H,31,39)(H,33,40). The molecule has 0 aliphatic rings. The number of anilines is 1. The van der Waals surface area contributed by atoms with Crippen LogP contribution < -0.4 is 16.0 Å². The van der Waals surface area contributed by atoms with Crippen LogP contribution in [0.15, 0.2) is 79.3 Å². The Bertz CT molecular complexity index is 1700. The number of nitrogens with zero attached hydrogens (tertiary/aromatic N) is 5. The molecule has 40 heavy (non-hydrogen) atoms. The molecule has 202 valence electrons. The number of carbonyl (C=O) groups is 3. The highest BCUT2D eigenvalue weighted by Gasteiger charge is 2.15. The summed E-state index contributed by atoms with van der Waals surface area (Å²) in [4.78, 5) is 41.4. The van der Waals surface area contributed by atoms with Gasteiger partial charge in [0.2, 0.25) is 5.91 Å². The smallest absolute Gasteiger partial charge is 0.274 e. The van der Waals surface area contributed by atoms with Crippen molar-refractivity contribution in [2.24, 2.45) is 7.05 Å². The number of aromatic nitrogens is 5. The normalized spacial score (nSPS) is 10.8. The molecule has 5 rings (SSSR count). The number of carbonyl (C=O) groups excluding carboxylic acids is 3. The summed E-state index contributed by atoms with van der Waals surface area (Å²) in [6.07, 6.45) is 4.78. The van der Waals surface area contributed by atoms with Crippen LogP contribution in [0.3, 0.4) is 0 Å². The molecule has 0 radical (unpaired) electrons. The van der Waals surface area contributed by atoms with E-state index in [0.29, 0.717) is 27.7 Å². The number of aryl methyl sites for hydroxylation is 1. The maximum absolute atomic E-state index is 14.3. The van der Waals surface area contributed by atoms with Crippen molar-refractivity contribution >= 4 is 34.3 Å². The number of pyridine rings is 1. The summed E-state index contributed by atoms with van der Waals surface area (Å²) in [5.41, 5.74) is 2.23. The Balaban J connectivity index is 1.16. The Morgan fingerprint density at radius 1 is 0.925 bits per heavy atom. The minimum absolute atomic E-state index is 0.0143. The molecular weight excluding hydrogens is 515 g/mol. The Morgan fingerprint density at radius 3 is 2.50 bits per heavy atom. The largest absolute Gasteiger partial charge is 0.353 e. The van der Waals surface area contributed by atoms with Crippen molar-refractivity contribution in [3.8, 4) is 11.3 Å². The third kappa shape index (κ3) is 6.18. The van der Waals surface area contributed by atoms with E-state index in [4.69, 9.17) is 0 Å². The van der Waals surface area contributed by atoms with Crippen LogP contribution in [0.4, 0.5) is 10.1 Å². The SMILES string of the molecule is Cn1cc(-c2nc(C(=O)Nc3ccc4nn(CC(=O)NCCNC(=O)c5ccccc5)cc4c3)ccc2F)cn1. The zero-order valence-corrected chi connectivity index (χ0v) is 21.5. The van der Waals surface area contributed by atoms with Crippen LogP contribution in [0.1, 0.15) is 20.8 Å². The fourth-order valence-electron chi connectivity index (χ4n) is 4.02. The predicted octanol–water partition coefficient (Wildman–Crippen LogP) is 2.77. The van der Waals surface area contributed by atoms with Gasteiger partial charge in [-0.15, -0.1) is 0 Å². The molecule has 11 nitrogen and oxygen atoms in total. The lowest BCUT2D eigenvalue weighted by atomic mass is 10.2. The summed E-state index contributed by atoms with van der Waals surface area (Å²) < 4.78 is 17.3. The van der Waals surface area contributed by atoms with Gasteiger partial charge in [-0.25, -0.2) is 9.37 Å². The number of halogens is 1. The number of hydrogen-bond acceptors (Lipinski definition) is 6. The second kappa shape index (κ2) is 11.6. The lowest BCUT2D eigenvalue weighted by Gasteiger charge is -2.07. The molecule has 3 N–H and O–H groups in total. The first-order valence-corrected chi connectivity index (χ1v) is 12.4. The number of fused-ring (bicyclic) bond motifs is 1. The summed E-state index contributed by atoms with van der Waals surface area (Å²) in [5, 5.41) is 17.4. The van der Waals surface area contributed by atoms with Gasteiger partial charge >= 0.3 is 0 Å². The second-order valence-electron chi connectivity index (χ2n) is 8.96. The topological polar surface area (TPSA) is 136 Å². The first-order valence-electron chi connectivity index (χ1n) is 12.4. The number of benzene rings is 2. The third-order valence-corrected chi connectivity index (χ3v) is 5.94. The lowest BCUT2D eigenvalue weighted by molar-refractivity contribution is -0.121. The van der Waals surface area contributed by atoms with Gasteiger partial charge < -0.3 is 16.0 Å². The molecule has 0 bridgehead atoms. The summed E-state index contributed by atoms with van der Waals surface area (Å²) >= 11 is 0. The first kappa shape index (κ1) is 26.2. The van der Waals surface area contributed by atoms with Gasteiger partial charge in [0.1, 0.15) is 23.7 Å². The first-order chi connectivity index (χ1) is 19.4. The summed E-state index contributed by atoms with van der Waals surface area (Å²) in [6, 6.07) is 16.5. The van der Waals surface area contributed by atoms with E-state index in [9.17, 15) is 18.8 Å². The van der Waals surface area contributed by atoms with Crippen LogP contribution in [0, 0.1) is 5.82 Å². The summed E-state index contributed by atoms with van der Waals surface area (Å²) in [7, 11) is 1.71. The van der Waals surface area contributed by atoms with Gasteiger partial charge in [-0.2, -0.15) is 10.2 Å². The van der Waals surface area contributed by atoms with Crippen molar-refractivity contribution < 1.29 is 18.8 Å². The molecule has 0 atom stereocenters. The Kier molecular flexibility index (Phi) is 7.58. The third-order valence-electron chi connectivity index (χ3n) is 5.94. The molecule has 0 fully saturated rings. The van der Waals surface area contributed by atoms with E-state index < -0.39 is 11.7 Å². The molecule has 0 aliphatic carbocycles. The maximum Gasteiger partial charge on any atom is 0.274 e. The molecule has 3 amide bonds. The Labute approximate surface area is 228 Å². The van der Waals surface area contributed by atoms with Crippen LogP contribution in [-0.2, 0) is 18.4 Å². The van der Waals surface area contributed by atoms with Crippen molar-refractivity contribution in [2.75, 3.05) is 18.4 Å². The molecule has 0 saturated heterocycles. The summed E-state index contributed by atoms with van der Waals surface area (Å²) in [6.45, 7) is 0.546. The number of rotatable bonds is 9. The molecule has 0 unspecified atom stereocenters. The fraction of sp³-hybridized carbons (Fsp3) is 0.143. The van der Waals surface area contributed by atoms with E-state index in [-0.39, 0.29) is 42.8 Å². The highest BCUT2D eigenvalue weighted by Crippen LogP contribution is 2.22. The average molecular weight is 541 g/mol. The van der Waals surface area contributed by atoms with Gasteiger partial charge in [0.05, 0.1) is 11.7 Å². The molecule has 5 aromatic rings. The zero-order valence-electron chi connectivity index (χ0n) is 21.5. The van der Waals surface area contributed by atoms with Crippen molar-refractivity contribution in [2.45, 2.75) is 6.54 Å². The average Bonchev–Trinajstić information content (AvgIpc) is 3.56. The zero-order chi connectivity index (χ0) is 28.1. The lowest BCUT2D eigenvalue weighted by Crippen LogP contribution is -2.36. The minimum atomic E-state index is -0.556. The predicted molar refractivity (Wildman–Crippen MR) is 146 cm³/mol. The van der Waals surface area contributed by atoms with E-state index in [1.54, 1.807) is 61.9 Å². The number of nitrogens with one attached hydrogen (secondary N) is 3.